The summed E-state index contributed by atoms with van der Waals surface area (Å²) in [4.78, 5) is 32.6. The second-order valence-corrected chi connectivity index (χ2v) is 9.23. The van der Waals surface area contributed by atoms with Gasteiger partial charge >= 0.3 is 7.75 Å². The zero-order valence-corrected chi connectivity index (χ0v) is 17.8. The summed E-state index contributed by atoms with van der Waals surface area (Å²) in [6.45, 7) is 1.83. The minimum Gasteiger partial charge on any atom is -0.388 e. The minimum atomic E-state index is -4.14. The van der Waals surface area contributed by atoms with Crippen molar-refractivity contribution in [3.05, 3.63) is 41.5 Å². The maximum Gasteiger partial charge on any atom is 0.437 e. The molecular weight excluding hydrogens is 427 g/mol. The molecule has 1 aliphatic rings. The molecule has 168 valence electrons. The van der Waals surface area contributed by atoms with Crippen molar-refractivity contribution in [1.82, 2.24) is 23.9 Å². The van der Waals surface area contributed by atoms with Gasteiger partial charge in [0, 0.05) is 24.4 Å². The Balaban J connectivity index is 1.60. The molecule has 3 aromatic heterocycles. The largest absolute Gasteiger partial charge is 0.437 e. The number of aliphatic hydroxyl groups is 1. The molecule has 0 amide bonds. The van der Waals surface area contributed by atoms with E-state index in [4.69, 9.17) is 15.0 Å². The summed E-state index contributed by atoms with van der Waals surface area (Å²) in [5.41, 5.74) is 5.92. The molecule has 13 heteroatoms. The highest BCUT2D eigenvalue weighted by molar-refractivity contribution is 7.51. The van der Waals surface area contributed by atoms with Crippen molar-refractivity contribution in [3.63, 3.8) is 0 Å². The van der Waals surface area contributed by atoms with E-state index in [2.05, 4.69) is 15.0 Å². The number of nitrogens with two attached hydrogens (primary N) is 1. The highest BCUT2D eigenvalue weighted by atomic mass is 31.2. The first-order valence-electron chi connectivity index (χ1n) is 9.97. The number of pyridine rings is 1. The van der Waals surface area contributed by atoms with Gasteiger partial charge in [0.05, 0.1) is 24.6 Å². The smallest absolute Gasteiger partial charge is 0.388 e. The van der Waals surface area contributed by atoms with E-state index in [1.54, 1.807) is 10.6 Å². The Labute approximate surface area is 177 Å². The summed E-state index contributed by atoms with van der Waals surface area (Å²) < 4.78 is 26.4. The van der Waals surface area contributed by atoms with Gasteiger partial charge < -0.3 is 30.0 Å². The van der Waals surface area contributed by atoms with Crippen LogP contribution in [0.2, 0.25) is 0 Å². The lowest BCUT2D eigenvalue weighted by Crippen LogP contribution is -2.28. The van der Waals surface area contributed by atoms with E-state index in [0.29, 0.717) is 11.9 Å². The molecule has 1 unspecified atom stereocenters. The van der Waals surface area contributed by atoms with Gasteiger partial charge in [-0.15, -0.1) is 0 Å². The molecule has 1 aliphatic heterocycles. The van der Waals surface area contributed by atoms with Crippen LogP contribution in [-0.2, 0) is 13.8 Å². The molecule has 0 aliphatic carbocycles. The summed E-state index contributed by atoms with van der Waals surface area (Å²) in [7, 11) is -4.14. The highest BCUT2D eigenvalue weighted by Crippen LogP contribution is 2.45. The van der Waals surface area contributed by atoms with E-state index in [-0.39, 0.29) is 23.9 Å². The summed E-state index contributed by atoms with van der Waals surface area (Å²) in [5.74, 6) is -0.180. The molecule has 5 atom stereocenters. The van der Waals surface area contributed by atoms with Gasteiger partial charge in [-0.25, -0.2) is 18.9 Å². The maximum atomic E-state index is 12.5. The number of nitrogen functional groups attached to an aromatic ring is 1. The van der Waals surface area contributed by atoms with Gasteiger partial charge in [-0.2, -0.15) is 0 Å². The number of ether oxygens (including phenoxy) is 1. The third-order valence-electron chi connectivity index (χ3n) is 5.47. The minimum absolute atomic E-state index is 0.163. The Kier molecular flexibility index (Phi) is 6.00. The molecule has 0 spiro atoms. The Hall–Kier alpha value is -2.50. The molecule has 12 nitrogen and oxygen atoms in total. The number of anilines is 1. The topological polar surface area (TPSA) is 171 Å². The van der Waals surface area contributed by atoms with E-state index in [9.17, 15) is 19.4 Å². The van der Waals surface area contributed by atoms with Crippen molar-refractivity contribution >= 4 is 24.6 Å². The van der Waals surface area contributed by atoms with Crippen molar-refractivity contribution in [2.75, 3.05) is 12.3 Å². The predicted octanol–water partition coefficient (Wildman–Crippen LogP) is 1.23. The summed E-state index contributed by atoms with van der Waals surface area (Å²) in [6.07, 6.45) is 5.27. The van der Waals surface area contributed by atoms with Gasteiger partial charge in [0.25, 0.3) is 5.56 Å². The molecule has 0 radical (unpaired) electrons. The number of aliphatic hydroxyl groups excluding tert-OH is 1. The van der Waals surface area contributed by atoms with Crippen molar-refractivity contribution < 1.29 is 23.8 Å². The number of rotatable bonds is 8. The van der Waals surface area contributed by atoms with E-state index < -0.39 is 31.7 Å². The number of aromatic nitrogens is 5. The Bertz CT molecular complexity index is 1140. The van der Waals surface area contributed by atoms with Gasteiger partial charge in [-0.3, -0.25) is 9.32 Å². The molecular formula is C18H25N6O6P. The molecule has 0 aromatic carbocycles. The number of nitrogens with zero attached hydrogens (tertiary/aromatic N) is 4. The van der Waals surface area contributed by atoms with Crippen molar-refractivity contribution in [2.45, 2.75) is 44.6 Å². The molecule has 0 bridgehead atoms. The normalized spacial score (nSPS) is 25.8. The molecule has 0 saturated carbocycles. The van der Waals surface area contributed by atoms with Gasteiger partial charge in [-0.1, -0.05) is 19.8 Å². The number of hydrogen-bond donors (Lipinski definition) is 4. The van der Waals surface area contributed by atoms with Crippen LogP contribution < -0.4 is 11.3 Å². The van der Waals surface area contributed by atoms with Crippen LogP contribution in [0, 0.1) is 5.92 Å². The SMILES string of the molecule is CCCC[C@H]1[C@@H](O)[C@H](n2cnc3c(=O)[nH]c(N)cc32)O[C@@H]1COP(=O)(O)n1ccnc1. The number of hydrogen-bond acceptors (Lipinski definition) is 8. The van der Waals surface area contributed by atoms with Crippen molar-refractivity contribution in [3.8, 4) is 0 Å². The molecule has 4 heterocycles. The molecule has 5 N–H and O–H groups in total. The third-order valence-corrected chi connectivity index (χ3v) is 6.78. The Morgan fingerprint density at radius 1 is 1.42 bits per heavy atom. The maximum absolute atomic E-state index is 12.5. The van der Waals surface area contributed by atoms with Gasteiger partial charge in [0.1, 0.15) is 18.2 Å². The average Bonchev–Trinajstić information content (AvgIpc) is 3.45. The first-order valence-corrected chi connectivity index (χ1v) is 11.5. The van der Waals surface area contributed by atoms with Crippen LogP contribution in [0.15, 0.2) is 35.9 Å². The van der Waals surface area contributed by atoms with Crippen LogP contribution in [0.4, 0.5) is 5.82 Å². The van der Waals surface area contributed by atoms with E-state index >= 15 is 0 Å². The first-order chi connectivity index (χ1) is 14.8. The Morgan fingerprint density at radius 3 is 2.94 bits per heavy atom. The lowest BCUT2D eigenvalue weighted by molar-refractivity contribution is -0.0470. The second kappa shape index (κ2) is 8.56. The number of nitrogens with one attached hydrogen (secondary N) is 1. The quantitative estimate of drug-likeness (QED) is 0.367. The lowest BCUT2D eigenvalue weighted by Gasteiger charge is -2.21. The van der Waals surface area contributed by atoms with Crippen LogP contribution in [0.1, 0.15) is 32.4 Å². The fourth-order valence-electron chi connectivity index (χ4n) is 3.89. The number of imidazole rings is 2. The molecule has 4 rings (SSSR count). The predicted molar refractivity (Wildman–Crippen MR) is 111 cm³/mol. The number of unbranched alkanes of at least 4 members (excludes halogenated alkanes) is 1. The van der Waals surface area contributed by atoms with Crippen molar-refractivity contribution in [1.29, 1.82) is 0 Å². The van der Waals surface area contributed by atoms with Crippen LogP contribution in [-0.4, -0.2) is 52.7 Å². The van der Waals surface area contributed by atoms with Crippen LogP contribution in [0.25, 0.3) is 11.0 Å². The molecule has 3 aromatic rings. The summed E-state index contributed by atoms with van der Waals surface area (Å²) in [6, 6.07) is 1.55. The third kappa shape index (κ3) is 4.17. The molecule has 1 fully saturated rings. The Morgan fingerprint density at radius 2 is 2.23 bits per heavy atom. The number of fused-ring (bicyclic) bond motifs is 1. The van der Waals surface area contributed by atoms with E-state index in [0.717, 1.165) is 17.2 Å². The fraction of sp³-hybridized carbons (Fsp3) is 0.500. The first kappa shape index (κ1) is 21.7. The monoisotopic (exact) mass is 452 g/mol. The average molecular weight is 452 g/mol. The fourth-order valence-corrected chi connectivity index (χ4v) is 4.78. The number of H-pyrrole nitrogens is 1. The van der Waals surface area contributed by atoms with E-state index in [1.807, 2.05) is 6.92 Å². The lowest BCUT2D eigenvalue weighted by atomic mass is 9.92. The zero-order chi connectivity index (χ0) is 22.2. The van der Waals surface area contributed by atoms with Crippen LogP contribution >= 0.6 is 7.75 Å². The van der Waals surface area contributed by atoms with Crippen LogP contribution in [0.5, 0.6) is 0 Å². The summed E-state index contributed by atoms with van der Waals surface area (Å²) in [5, 5.41) is 11.0. The standard InChI is InChI=1S/C18H25N6O6P/c1-2-3-4-11-13(8-29-31(27,28)23-6-5-20-9-23)30-18(16(11)25)24-10-21-15-12(24)7-14(19)22-17(15)26/h5-7,9-11,13,16,18,25H,2-4,8H2,1H3,(H,27,28)(H3,19,22,26)/t11-,13-,16-,18-/m1/s1. The van der Waals surface area contributed by atoms with Gasteiger partial charge in [0.15, 0.2) is 11.7 Å². The molecule has 31 heavy (non-hydrogen) atoms. The van der Waals surface area contributed by atoms with Gasteiger partial charge in [0.2, 0.25) is 0 Å². The highest BCUT2D eigenvalue weighted by Gasteiger charge is 2.45. The van der Waals surface area contributed by atoms with Crippen molar-refractivity contribution in [2.24, 2.45) is 5.92 Å². The zero-order valence-electron chi connectivity index (χ0n) is 16.9. The van der Waals surface area contributed by atoms with Crippen LogP contribution in [0.3, 0.4) is 0 Å². The second-order valence-electron chi connectivity index (χ2n) is 7.53. The van der Waals surface area contributed by atoms with E-state index in [1.165, 1.54) is 25.0 Å². The molecule has 1 saturated heterocycles. The summed E-state index contributed by atoms with van der Waals surface area (Å²) >= 11 is 0. The van der Waals surface area contributed by atoms with Gasteiger partial charge in [-0.05, 0) is 6.42 Å². The number of aromatic amines is 1.